The van der Waals surface area contributed by atoms with Crippen LogP contribution in [-0.2, 0) is 20.8 Å². The molecule has 9 N–H and O–H groups in total. The summed E-state index contributed by atoms with van der Waals surface area (Å²) in [6.07, 6.45) is 1.20. The van der Waals surface area contributed by atoms with Gasteiger partial charge in [-0.05, 0) is 37.2 Å². The van der Waals surface area contributed by atoms with Crippen LogP contribution in [0.1, 0.15) is 38.7 Å². The minimum Gasteiger partial charge on any atom is -0.480 e. The molecule has 10 nitrogen and oxygen atoms in total. The molecule has 2 amide bonds. The molecule has 1 rings (SSSR count). The highest BCUT2D eigenvalue weighted by Crippen LogP contribution is 2.08. The first-order valence-electron chi connectivity index (χ1n) is 10.3. The molecule has 31 heavy (non-hydrogen) atoms. The molecule has 0 aromatic heterocycles. The lowest BCUT2D eigenvalue weighted by molar-refractivity contribution is -0.142. The number of aliphatic carboxylic acids is 1. The van der Waals surface area contributed by atoms with Crippen LogP contribution < -0.4 is 27.8 Å². The molecule has 3 unspecified atom stereocenters. The average Bonchev–Trinajstić information content (AvgIpc) is 2.69. The Hall–Kier alpha value is -3.14. The zero-order chi connectivity index (χ0) is 23.4. The largest absolute Gasteiger partial charge is 0.480 e. The number of hydrogen-bond donors (Lipinski definition) is 6. The Morgan fingerprint density at radius 3 is 2.19 bits per heavy atom. The second-order valence-corrected chi connectivity index (χ2v) is 7.84. The van der Waals surface area contributed by atoms with Gasteiger partial charge in [0.15, 0.2) is 5.96 Å². The van der Waals surface area contributed by atoms with Crippen molar-refractivity contribution in [1.82, 2.24) is 10.6 Å². The van der Waals surface area contributed by atoms with Crippen LogP contribution in [0.25, 0.3) is 0 Å². The molecule has 0 spiro atoms. The van der Waals surface area contributed by atoms with Crippen LogP contribution in [0.2, 0.25) is 0 Å². The molecule has 0 aliphatic rings. The van der Waals surface area contributed by atoms with E-state index in [4.69, 9.17) is 17.2 Å². The second-order valence-electron chi connectivity index (χ2n) is 7.84. The van der Waals surface area contributed by atoms with E-state index in [0.29, 0.717) is 12.8 Å². The van der Waals surface area contributed by atoms with Gasteiger partial charge in [0.2, 0.25) is 11.8 Å². The second kappa shape index (κ2) is 13.2. The maximum absolute atomic E-state index is 12.8. The normalized spacial score (nSPS) is 13.7. The molecule has 172 valence electrons. The number of nitrogens with two attached hydrogens (primary N) is 3. The fourth-order valence-electron chi connectivity index (χ4n) is 2.98. The Morgan fingerprint density at radius 2 is 1.65 bits per heavy atom. The maximum Gasteiger partial charge on any atom is 0.326 e. The van der Waals surface area contributed by atoms with E-state index >= 15 is 0 Å². The third-order valence-electron chi connectivity index (χ3n) is 4.54. The number of guanidine groups is 1. The third-order valence-corrected chi connectivity index (χ3v) is 4.54. The Kier molecular flexibility index (Phi) is 11.0. The van der Waals surface area contributed by atoms with Crippen LogP contribution in [0.5, 0.6) is 0 Å². The lowest BCUT2D eigenvalue weighted by atomic mass is 10.0. The number of carboxylic acids is 1. The summed E-state index contributed by atoms with van der Waals surface area (Å²) in [4.78, 5) is 40.7. The molecule has 0 saturated carbocycles. The monoisotopic (exact) mass is 434 g/mol. The standard InChI is InChI=1S/C21H34N6O4/c1-13(2)11-17(20(30)31)27-19(29)16(9-6-10-25-21(23)24)26-18(28)15(22)12-14-7-4-3-5-8-14/h3-5,7-8,13,15-17H,6,9-12,22H2,1-2H3,(H,26,28)(H,27,29)(H,30,31)(H4,23,24,25). The Bertz CT molecular complexity index is 749. The van der Waals surface area contributed by atoms with Crippen molar-refractivity contribution in [3.63, 3.8) is 0 Å². The van der Waals surface area contributed by atoms with E-state index in [-0.39, 0.29) is 31.3 Å². The van der Waals surface area contributed by atoms with Gasteiger partial charge in [0, 0.05) is 6.54 Å². The minimum atomic E-state index is -1.13. The van der Waals surface area contributed by atoms with E-state index in [1.54, 1.807) is 0 Å². The molecular formula is C21H34N6O4. The molecule has 0 aliphatic heterocycles. The van der Waals surface area contributed by atoms with Crippen molar-refractivity contribution < 1.29 is 19.5 Å². The fraction of sp³-hybridized carbons (Fsp3) is 0.524. The first-order chi connectivity index (χ1) is 14.6. The molecule has 0 aliphatic carbocycles. The van der Waals surface area contributed by atoms with Crippen LogP contribution in [0.4, 0.5) is 0 Å². The summed E-state index contributed by atoms with van der Waals surface area (Å²) < 4.78 is 0. The van der Waals surface area contributed by atoms with Gasteiger partial charge in [-0.3, -0.25) is 14.6 Å². The summed E-state index contributed by atoms with van der Waals surface area (Å²) >= 11 is 0. The highest BCUT2D eigenvalue weighted by molar-refractivity contribution is 5.91. The lowest BCUT2D eigenvalue weighted by Gasteiger charge is -2.23. The number of aliphatic imine (C=N–C) groups is 1. The first-order valence-corrected chi connectivity index (χ1v) is 10.3. The van der Waals surface area contributed by atoms with Gasteiger partial charge in [-0.15, -0.1) is 0 Å². The Labute approximate surface area is 182 Å². The van der Waals surface area contributed by atoms with E-state index in [9.17, 15) is 19.5 Å². The topological polar surface area (TPSA) is 186 Å². The zero-order valence-corrected chi connectivity index (χ0v) is 18.1. The fourth-order valence-corrected chi connectivity index (χ4v) is 2.98. The van der Waals surface area contributed by atoms with E-state index in [2.05, 4.69) is 15.6 Å². The number of rotatable bonds is 13. The van der Waals surface area contributed by atoms with Crippen LogP contribution >= 0.6 is 0 Å². The molecule has 0 radical (unpaired) electrons. The molecule has 10 heteroatoms. The number of amides is 2. The van der Waals surface area contributed by atoms with E-state index in [1.165, 1.54) is 0 Å². The Morgan fingerprint density at radius 1 is 1.03 bits per heavy atom. The quantitative estimate of drug-likeness (QED) is 0.140. The smallest absolute Gasteiger partial charge is 0.326 e. The number of hydrogen-bond acceptors (Lipinski definition) is 5. The SMILES string of the molecule is CC(C)CC(NC(=O)C(CCCN=C(N)N)NC(=O)C(N)Cc1ccccc1)C(=O)O. The van der Waals surface area contributed by atoms with Gasteiger partial charge in [0.05, 0.1) is 6.04 Å². The van der Waals surface area contributed by atoms with Crippen molar-refractivity contribution in [2.75, 3.05) is 6.54 Å². The highest BCUT2D eigenvalue weighted by atomic mass is 16.4. The van der Waals surface area contributed by atoms with Gasteiger partial charge < -0.3 is 32.9 Å². The number of carbonyl (C=O) groups excluding carboxylic acids is 2. The number of carboxylic acid groups (broad SMARTS) is 1. The van der Waals surface area contributed by atoms with Crippen molar-refractivity contribution in [3.8, 4) is 0 Å². The number of carbonyl (C=O) groups is 3. The van der Waals surface area contributed by atoms with Crippen LogP contribution in [0.3, 0.4) is 0 Å². The van der Waals surface area contributed by atoms with Gasteiger partial charge in [0.25, 0.3) is 0 Å². The molecular weight excluding hydrogens is 400 g/mol. The molecule has 0 bridgehead atoms. The van der Waals surface area contributed by atoms with Crippen molar-refractivity contribution in [3.05, 3.63) is 35.9 Å². The number of nitrogens with one attached hydrogen (secondary N) is 2. The minimum absolute atomic E-state index is 0.0654. The summed E-state index contributed by atoms with van der Waals surface area (Å²) in [7, 11) is 0. The van der Waals surface area contributed by atoms with Gasteiger partial charge in [-0.25, -0.2) is 4.79 Å². The maximum atomic E-state index is 12.8. The first kappa shape index (κ1) is 25.9. The summed E-state index contributed by atoms with van der Waals surface area (Å²) in [5, 5.41) is 14.5. The summed E-state index contributed by atoms with van der Waals surface area (Å²) in [6.45, 7) is 3.99. The Balaban J connectivity index is 2.83. The average molecular weight is 435 g/mol. The van der Waals surface area contributed by atoms with E-state index in [1.807, 2.05) is 44.2 Å². The summed E-state index contributed by atoms with van der Waals surface area (Å²) in [6, 6.07) is 6.40. The summed E-state index contributed by atoms with van der Waals surface area (Å²) in [5.74, 6) is -2.22. The molecule has 1 aromatic rings. The van der Waals surface area contributed by atoms with Gasteiger partial charge in [0.1, 0.15) is 12.1 Å². The summed E-state index contributed by atoms with van der Waals surface area (Å²) in [5.41, 5.74) is 17.5. The van der Waals surface area contributed by atoms with Gasteiger partial charge in [-0.2, -0.15) is 0 Å². The van der Waals surface area contributed by atoms with Gasteiger partial charge in [-0.1, -0.05) is 44.2 Å². The lowest BCUT2D eigenvalue weighted by Crippen LogP contribution is -2.55. The molecule has 0 fully saturated rings. The third kappa shape index (κ3) is 10.4. The van der Waals surface area contributed by atoms with E-state index in [0.717, 1.165) is 5.56 Å². The van der Waals surface area contributed by atoms with Crippen LogP contribution in [0, 0.1) is 5.92 Å². The zero-order valence-electron chi connectivity index (χ0n) is 18.1. The molecule has 3 atom stereocenters. The molecule has 1 aromatic carbocycles. The van der Waals surface area contributed by atoms with Crippen LogP contribution in [0.15, 0.2) is 35.3 Å². The van der Waals surface area contributed by atoms with Gasteiger partial charge >= 0.3 is 5.97 Å². The predicted molar refractivity (Wildman–Crippen MR) is 119 cm³/mol. The molecule has 0 saturated heterocycles. The van der Waals surface area contributed by atoms with Crippen molar-refractivity contribution >= 4 is 23.7 Å². The van der Waals surface area contributed by atoms with Crippen LogP contribution in [-0.4, -0.2) is 53.5 Å². The predicted octanol–water partition coefficient (Wildman–Crippen LogP) is -0.290. The molecule has 0 heterocycles. The highest BCUT2D eigenvalue weighted by Gasteiger charge is 2.28. The number of benzene rings is 1. The van der Waals surface area contributed by atoms with Crippen molar-refractivity contribution in [2.45, 2.75) is 57.7 Å². The van der Waals surface area contributed by atoms with E-state index < -0.39 is 35.9 Å². The number of nitrogens with zero attached hydrogens (tertiary/aromatic N) is 1. The van der Waals surface area contributed by atoms with Crippen molar-refractivity contribution in [1.29, 1.82) is 0 Å². The van der Waals surface area contributed by atoms with Crippen molar-refractivity contribution in [2.24, 2.45) is 28.1 Å².